The van der Waals surface area contributed by atoms with Crippen molar-refractivity contribution < 1.29 is 19.8 Å². The van der Waals surface area contributed by atoms with Crippen LogP contribution in [0.3, 0.4) is 0 Å². The van der Waals surface area contributed by atoms with E-state index in [1.807, 2.05) is 42.5 Å². The Morgan fingerprint density at radius 3 is 2.39 bits per heavy atom. The zero-order valence-electron chi connectivity index (χ0n) is 19.1. The number of hydrogen-bond acceptors (Lipinski definition) is 3. The lowest BCUT2D eigenvalue weighted by molar-refractivity contribution is -0.148. The Bertz CT molecular complexity index is 994. The van der Waals surface area contributed by atoms with Gasteiger partial charge in [0.05, 0.1) is 17.9 Å². The smallest absolute Gasteiger partial charge is 0.304 e. The molecule has 0 spiro atoms. The number of benzene rings is 2. The van der Waals surface area contributed by atoms with Crippen LogP contribution in [0.5, 0.6) is 0 Å². The Labute approximate surface area is 205 Å². The van der Waals surface area contributed by atoms with Crippen LogP contribution in [-0.2, 0) is 16.0 Å². The molecule has 1 amide bonds. The number of amides is 1. The van der Waals surface area contributed by atoms with Crippen LogP contribution in [0.25, 0.3) is 0 Å². The van der Waals surface area contributed by atoms with Crippen LogP contribution in [0, 0.1) is 17.3 Å². The van der Waals surface area contributed by atoms with Crippen LogP contribution in [0.15, 0.2) is 48.5 Å². The minimum Gasteiger partial charge on any atom is -0.481 e. The van der Waals surface area contributed by atoms with Gasteiger partial charge in [-0.1, -0.05) is 61.3 Å². The number of carbonyl (C=O) groups excluding carboxylic acids is 1. The van der Waals surface area contributed by atoms with Crippen LogP contribution in [0.2, 0.25) is 10.0 Å². The van der Waals surface area contributed by atoms with Gasteiger partial charge in [-0.05, 0) is 61.1 Å². The average Bonchev–Trinajstić information content (AvgIpc) is 2.71. The minimum absolute atomic E-state index is 0.0296. The summed E-state index contributed by atoms with van der Waals surface area (Å²) in [6, 6.07) is 14.7. The topological polar surface area (TPSA) is 86.6 Å². The van der Waals surface area contributed by atoms with Crippen LogP contribution in [0.4, 0.5) is 0 Å². The van der Waals surface area contributed by atoms with Gasteiger partial charge in [0, 0.05) is 27.9 Å². The Morgan fingerprint density at radius 2 is 1.82 bits per heavy atom. The SMILES string of the molecule is CC(Cc1ccc(Cl)cc1)[C@@H]([C@H]1NC(=O)[C@](C)(CC(=O)O)C[C@@H]1c1cccc(Cl)c1)[C@H](C)O. The van der Waals surface area contributed by atoms with Gasteiger partial charge in [-0.2, -0.15) is 0 Å². The summed E-state index contributed by atoms with van der Waals surface area (Å²) in [4.78, 5) is 24.7. The van der Waals surface area contributed by atoms with Crippen molar-refractivity contribution in [2.24, 2.45) is 17.3 Å². The third kappa shape index (κ3) is 6.08. The largest absolute Gasteiger partial charge is 0.481 e. The van der Waals surface area contributed by atoms with E-state index in [0.717, 1.165) is 11.1 Å². The number of hydrogen-bond donors (Lipinski definition) is 3. The van der Waals surface area contributed by atoms with Crippen molar-refractivity contribution in [1.82, 2.24) is 5.32 Å². The molecule has 1 saturated heterocycles. The highest BCUT2D eigenvalue weighted by Gasteiger charge is 2.49. The number of aliphatic carboxylic acids is 1. The van der Waals surface area contributed by atoms with Crippen LogP contribution >= 0.6 is 23.2 Å². The Balaban J connectivity index is 1.98. The molecule has 1 fully saturated rings. The second-order valence-corrected chi connectivity index (χ2v) is 10.5. The predicted octanol–water partition coefficient (Wildman–Crippen LogP) is 5.32. The van der Waals surface area contributed by atoms with Crippen molar-refractivity contribution in [3.05, 3.63) is 69.7 Å². The molecule has 7 heteroatoms. The second kappa shape index (κ2) is 10.5. The molecule has 1 aliphatic rings. The third-order valence-corrected chi connectivity index (χ3v) is 7.35. The molecule has 0 aromatic heterocycles. The number of carboxylic acid groups (broad SMARTS) is 1. The first-order valence-electron chi connectivity index (χ1n) is 11.2. The lowest BCUT2D eigenvalue weighted by Crippen LogP contribution is -2.59. The molecule has 1 aliphatic heterocycles. The quantitative estimate of drug-likeness (QED) is 0.466. The zero-order valence-corrected chi connectivity index (χ0v) is 20.6. The summed E-state index contributed by atoms with van der Waals surface area (Å²) in [5.41, 5.74) is 0.959. The third-order valence-electron chi connectivity index (χ3n) is 6.87. The maximum Gasteiger partial charge on any atom is 0.304 e. The molecule has 3 N–H and O–H groups in total. The fourth-order valence-electron chi connectivity index (χ4n) is 5.30. The molecule has 0 saturated carbocycles. The van der Waals surface area contributed by atoms with E-state index < -0.39 is 17.5 Å². The molecule has 2 aromatic carbocycles. The summed E-state index contributed by atoms with van der Waals surface area (Å²) in [5, 5.41) is 24.6. The summed E-state index contributed by atoms with van der Waals surface area (Å²) in [7, 11) is 0. The number of nitrogens with one attached hydrogen (secondary N) is 1. The highest BCUT2D eigenvalue weighted by molar-refractivity contribution is 6.30. The van der Waals surface area contributed by atoms with Crippen molar-refractivity contribution in [2.45, 2.75) is 58.1 Å². The Morgan fingerprint density at radius 1 is 1.15 bits per heavy atom. The first-order chi connectivity index (χ1) is 15.5. The van der Waals surface area contributed by atoms with Crippen molar-refractivity contribution in [2.75, 3.05) is 0 Å². The molecule has 0 bridgehead atoms. The number of halogens is 2. The summed E-state index contributed by atoms with van der Waals surface area (Å²) < 4.78 is 0. The van der Waals surface area contributed by atoms with E-state index in [1.54, 1.807) is 19.9 Å². The first kappa shape index (κ1) is 25.5. The molecule has 3 rings (SSSR count). The molecule has 6 atom stereocenters. The van der Waals surface area contributed by atoms with Gasteiger partial charge in [0.15, 0.2) is 0 Å². The molecule has 1 heterocycles. The van der Waals surface area contributed by atoms with Crippen molar-refractivity contribution >= 4 is 35.1 Å². The van der Waals surface area contributed by atoms with Crippen molar-refractivity contribution in [1.29, 1.82) is 0 Å². The van der Waals surface area contributed by atoms with Gasteiger partial charge in [0.1, 0.15) is 0 Å². The number of rotatable bonds is 8. The van der Waals surface area contributed by atoms with Crippen molar-refractivity contribution in [3.8, 4) is 0 Å². The summed E-state index contributed by atoms with van der Waals surface area (Å²) >= 11 is 12.3. The summed E-state index contributed by atoms with van der Waals surface area (Å²) in [6.45, 7) is 5.51. The average molecular weight is 492 g/mol. The number of carbonyl (C=O) groups is 2. The lowest BCUT2D eigenvalue weighted by atomic mass is 9.64. The molecule has 0 aliphatic carbocycles. The molecule has 33 heavy (non-hydrogen) atoms. The monoisotopic (exact) mass is 491 g/mol. The van der Waals surface area contributed by atoms with Gasteiger partial charge in [-0.15, -0.1) is 0 Å². The number of piperidine rings is 1. The minimum atomic E-state index is -1.06. The van der Waals surface area contributed by atoms with Gasteiger partial charge >= 0.3 is 5.97 Å². The maximum absolute atomic E-state index is 13.2. The standard InChI is InChI=1S/C26H31Cl2NO4/c1-15(11-17-7-9-19(27)10-8-17)23(16(2)30)24-21(18-5-4-6-20(28)12-18)13-26(3,14-22(31)32)25(33)29-24/h4-10,12,15-16,21,23-24,30H,11,13-14H2,1-3H3,(H,29,33)(H,31,32)/t15?,16-,21+,23+,24-,26-/m0/s1. The van der Waals surface area contributed by atoms with E-state index >= 15 is 0 Å². The lowest BCUT2D eigenvalue weighted by Gasteiger charge is -2.47. The van der Waals surface area contributed by atoms with Gasteiger partial charge in [-0.3, -0.25) is 9.59 Å². The number of aliphatic hydroxyl groups is 1. The zero-order chi connectivity index (χ0) is 24.3. The molecule has 1 unspecified atom stereocenters. The fourth-order valence-corrected chi connectivity index (χ4v) is 5.63. The van der Waals surface area contributed by atoms with Crippen LogP contribution in [-0.4, -0.2) is 34.2 Å². The van der Waals surface area contributed by atoms with Gasteiger partial charge < -0.3 is 15.5 Å². The van der Waals surface area contributed by atoms with E-state index in [2.05, 4.69) is 12.2 Å². The fraction of sp³-hybridized carbons (Fsp3) is 0.462. The van der Waals surface area contributed by atoms with Gasteiger partial charge in [0.25, 0.3) is 0 Å². The van der Waals surface area contributed by atoms with Crippen LogP contribution in [0.1, 0.15) is 50.7 Å². The first-order valence-corrected chi connectivity index (χ1v) is 12.0. The van der Waals surface area contributed by atoms with E-state index in [1.165, 1.54) is 0 Å². The Kier molecular flexibility index (Phi) is 8.09. The van der Waals surface area contributed by atoms with Gasteiger partial charge in [0.2, 0.25) is 5.91 Å². The molecule has 0 radical (unpaired) electrons. The summed E-state index contributed by atoms with van der Waals surface area (Å²) in [5.74, 6) is -1.74. The van der Waals surface area contributed by atoms with Gasteiger partial charge in [-0.25, -0.2) is 0 Å². The van der Waals surface area contributed by atoms with E-state index in [0.29, 0.717) is 22.9 Å². The highest BCUT2D eigenvalue weighted by atomic mass is 35.5. The normalized spacial score (nSPS) is 25.7. The number of carboxylic acids is 1. The van der Waals surface area contributed by atoms with Crippen LogP contribution < -0.4 is 5.32 Å². The Hall–Kier alpha value is -2.08. The molecular weight excluding hydrogens is 461 g/mol. The molecule has 5 nitrogen and oxygen atoms in total. The maximum atomic E-state index is 13.2. The van der Waals surface area contributed by atoms with E-state index in [4.69, 9.17) is 23.2 Å². The van der Waals surface area contributed by atoms with E-state index in [9.17, 15) is 19.8 Å². The molecular formula is C26H31Cl2NO4. The highest BCUT2D eigenvalue weighted by Crippen LogP contribution is 2.45. The van der Waals surface area contributed by atoms with Crippen molar-refractivity contribution in [3.63, 3.8) is 0 Å². The van der Waals surface area contributed by atoms with E-state index in [-0.39, 0.29) is 36.1 Å². The second-order valence-electron chi connectivity index (χ2n) is 9.62. The summed E-state index contributed by atoms with van der Waals surface area (Å²) in [6.07, 6.45) is 0.103. The molecule has 2 aromatic rings. The predicted molar refractivity (Wildman–Crippen MR) is 131 cm³/mol. The molecule has 178 valence electrons. The number of aliphatic hydroxyl groups excluding tert-OH is 1.